The molecule has 22 heavy (non-hydrogen) atoms. The van der Waals surface area contributed by atoms with Crippen molar-refractivity contribution in [1.82, 2.24) is 4.57 Å². The first-order chi connectivity index (χ1) is 10.8. The Morgan fingerprint density at radius 1 is 1.00 bits per heavy atom. The van der Waals surface area contributed by atoms with Crippen LogP contribution in [-0.2, 0) is 6.54 Å². The lowest BCUT2D eigenvalue weighted by atomic mass is 9.89. The Morgan fingerprint density at radius 3 is 2.68 bits per heavy atom. The molecule has 0 saturated heterocycles. The molecule has 1 aliphatic carbocycles. The third-order valence-electron chi connectivity index (χ3n) is 5.03. The highest BCUT2D eigenvalue weighted by atomic mass is 16.7. The Bertz CT molecular complexity index is 668. The van der Waals surface area contributed by atoms with E-state index in [2.05, 4.69) is 35.8 Å². The van der Waals surface area contributed by atoms with Crippen LogP contribution >= 0.6 is 0 Å². The van der Waals surface area contributed by atoms with Crippen molar-refractivity contribution in [3.63, 3.8) is 0 Å². The Labute approximate surface area is 131 Å². The molecule has 116 valence electrons. The van der Waals surface area contributed by atoms with Crippen molar-refractivity contribution in [2.45, 2.75) is 45.6 Å². The first-order valence-electron chi connectivity index (χ1n) is 8.37. The molecule has 1 aromatic carbocycles. The average Bonchev–Trinajstić information content (AvgIpc) is 3.15. The molecule has 2 heterocycles. The van der Waals surface area contributed by atoms with Gasteiger partial charge in [0.1, 0.15) is 0 Å². The number of hydrogen-bond acceptors (Lipinski definition) is 2. The molecule has 0 radical (unpaired) electrons. The number of aryl methyl sites for hydroxylation is 1. The van der Waals surface area contributed by atoms with Crippen molar-refractivity contribution in [2.75, 3.05) is 6.79 Å². The van der Waals surface area contributed by atoms with E-state index in [0.29, 0.717) is 6.79 Å². The van der Waals surface area contributed by atoms with Crippen molar-refractivity contribution in [1.29, 1.82) is 0 Å². The standard InChI is InChI=1S/C19H23NO2/c1-14-7-9-17(20(14)12-15-5-3-2-4-6-15)16-8-10-18-19(11-16)22-13-21-18/h7-11,15H,2-6,12-13H2,1H3. The van der Waals surface area contributed by atoms with Gasteiger partial charge in [0, 0.05) is 23.5 Å². The summed E-state index contributed by atoms with van der Waals surface area (Å²) in [6, 6.07) is 10.7. The molecule has 0 atom stereocenters. The van der Waals surface area contributed by atoms with Gasteiger partial charge in [0.05, 0.1) is 0 Å². The van der Waals surface area contributed by atoms with Gasteiger partial charge in [-0.2, -0.15) is 0 Å². The minimum Gasteiger partial charge on any atom is -0.454 e. The van der Waals surface area contributed by atoms with Crippen molar-refractivity contribution < 1.29 is 9.47 Å². The van der Waals surface area contributed by atoms with Crippen LogP contribution in [0.2, 0.25) is 0 Å². The number of fused-ring (bicyclic) bond motifs is 1. The molecule has 0 bridgehead atoms. The van der Waals surface area contributed by atoms with Crippen molar-refractivity contribution in [2.24, 2.45) is 5.92 Å². The largest absolute Gasteiger partial charge is 0.454 e. The van der Waals surface area contributed by atoms with Crippen LogP contribution in [0.1, 0.15) is 37.8 Å². The number of benzene rings is 1. The summed E-state index contributed by atoms with van der Waals surface area (Å²) in [5.74, 6) is 2.54. The van der Waals surface area contributed by atoms with Gasteiger partial charge in [0.15, 0.2) is 11.5 Å². The van der Waals surface area contributed by atoms with E-state index < -0.39 is 0 Å². The molecule has 0 unspecified atom stereocenters. The smallest absolute Gasteiger partial charge is 0.231 e. The quantitative estimate of drug-likeness (QED) is 0.814. The van der Waals surface area contributed by atoms with E-state index in [1.165, 1.54) is 49.1 Å². The molecule has 2 aliphatic rings. The van der Waals surface area contributed by atoms with E-state index in [9.17, 15) is 0 Å². The normalized spacial score (nSPS) is 17.9. The molecule has 1 aliphatic heterocycles. The molecule has 1 fully saturated rings. The summed E-state index contributed by atoms with van der Waals surface area (Å²) in [6.45, 7) is 3.68. The molecule has 3 heteroatoms. The van der Waals surface area contributed by atoms with E-state index in [4.69, 9.17) is 9.47 Å². The lowest BCUT2D eigenvalue weighted by Crippen LogP contribution is -2.15. The van der Waals surface area contributed by atoms with E-state index in [0.717, 1.165) is 24.0 Å². The second kappa shape index (κ2) is 5.71. The number of nitrogens with zero attached hydrogens (tertiary/aromatic N) is 1. The summed E-state index contributed by atoms with van der Waals surface area (Å²) < 4.78 is 13.4. The first-order valence-corrected chi connectivity index (χ1v) is 8.37. The predicted octanol–water partition coefficient (Wildman–Crippen LogP) is 4.77. The minimum atomic E-state index is 0.334. The number of aromatic nitrogens is 1. The average molecular weight is 297 g/mol. The second-order valence-corrected chi connectivity index (χ2v) is 6.54. The zero-order valence-corrected chi connectivity index (χ0v) is 13.2. The van der Waals surface area contributed by atoms with Gasteiger partial charge >= 0.3 is 0 Å². The molecule has 2 aromatic rings. The molecule has 0 spiro atoms. The second-order valence-electron chi connectivity index (χ2n) is 6.54. The number of ether oxygens (including phenoxy) is 2. The molecule has 0 amide bonds. The van der Waals surface area contributed by atoms with Gasteiger partial charge in [-0.25, -0.2) is 0 Å². The van der Waals surface area contributed by atoms with Gasteiger partial charge in [0.2, 0.25) is 6.79 Å². The molecular formula is C19H23NO2. The first kappa shape index (κ1) is 13.7. The summed E-state index contributed by atoms with van der Waals surface area (Å²) in [5.41, 5.74) is 3.85. The van der Waals surface area contributed by atoms with Gasteiger partial charge < -0.3 is 14.0 Å². The molecule has 3 nitrogen and oxygen atoms in total. The lowest BCUT2D eigenvalue weighted by molar-refractivity contribution is 0.174. The molecular weight excluding hydrogens is 274 g/mol. The van der Waals surface area contributed by atoms with Crippen LogP contribution in [0.4, 0.5) is 0 Å². The highest BCUT2D eigenvalue weighted by molar-refractivity contribution is 5.65. The van der Waals surface area contributed by atoms with Crippen LogP contribution in [0.3, 0.4) is 0 Å². The van der Waals surface area contributed by atoms with E-state index in [1.807, 2.05) is 6.07 Å². The van der Waals surface area contributed by atoms with Gasteiger partial charge in [-0.1, -0.05) is 19.3 Å². The summed E-state index contributed by atoms with van der Waals surface area (Å²) in [7, 11) is 0. The van der Waals surface area contributed by atoms with Crippen LogP contribution in [0.5, 0.6) is 11.5 Å². The summed E-state index contributed by atoms with van der Waals surface area (Å²) in [4.78, 5) is 0. The van der Waals surface area contributed by atoms with Crippen molar-refractivity contribution >= 4 is 0 Å². The van der Waals surface area contributed by atoms with E-state index in [1.54, 1.807) is 0 Å². The van der Waals surface area contributed by atoms with Gasteiger partial charge in [-0.3, -0.25) is 0 Å². The Kier molecular flexibility index (Phi) is 3.57. The third-order valence-corrected chi connectivity index (χ3v) is 5.03. The van der Waals surface area contributed by atoms with Crippen LogP contribution in [0, 0.1) is 12.8 Å². The van der Waals surface area contributed by atoms with Crippen LogP contribution in [0.25, 0.3) is 11.3 Å². The van der Waals surface area contributed by atoms with Gasteiger partial charge in [0.25, 0.3) is 0 Å². The summed E-state index contributed by atoms with van der Waals surface area (Å²) in [5, 5.41) is 0. The maximum atomic E-state index is 5.53. The highest BCUT2D eigenvalue weighted by Crippen LogP contribution is 2.37. The summed E-state index contributed by atoms with van der Waals surface area (Å²) in [6.07, 6.45) is 6.95. The van der Waals surface area contributed by atoms with E-state index >= 15 is 0 Å². The van der Waals surface area contributed by atoms with Gasteiger partial charge in [-0.15, -0.1) is 0 Å². The highest BCUT2D eigenvalue weighted by Gasteiger charge is 2.19. The fourth-order valence-corrected chi connectivity index (χ4v) is 3.75. The lowest BCUT2D eigenvalue weighted by Gasteiger charge is -2.24. The zero-order valence-electron chi connectivity index (χ0n) is 13.2. The van der Waals surface area contributed by atoms with E-state index in [-0.39, 0.29) is 0 Å². The van der Waals surface area contributed by atoms with Crippen LogP contribution in [-0.4, -0.2) is 11.4 Å². The third kappa shape index (κ3) is 2.49. The Hall–Kier alpha value is -1.90. The Morgan fingerprint density at radius 2 is 1.82 bits per heavy atom. The molecule has 4 rings (SSSR count). The minimum absolute atomic E-state index is 0.334. The van der Waals surface area contributed by atoms with Crippen molar-refractivity contribution in [3.05, 3.63) is 36.0 Å². The predicted molar refractivity (Wildman–Crippen MR) is 87.3 cm³/mol. The SMILES string of the molecule is Cc1ccc(-c2ccc3c(c2)OCO3)n1CC1CCCCC1. The topological polar surface area (TPSA) is 23.4 Å². The zero-order chi connectivity index (χ0) is 14.9. The van der Waals surface area contributed by atoms with Crippen LogP contribution in [0.15, 0.2) is 30.3 Å². The molecule has 0 N–H and O–H groups in total. The number of rotatable bonds is 3. The van der Waals surface area contributed by atoms with Crippen LogP contribution < -0.4 is 9.47 Å². The fourth-order valence-electron chi connectivity index (χ4n) is 3.75. The van der Waals surface area contributed by atoms with Gasteiger partial charge in [-0.05, 0) is 56.0 Å². The van der Waals surface area contributed by atoms with Crippen molar-refractivity contribution in [3.8, 4) is 22.8 Å². The Balaban J connectivity index is 1.64. The molecule has 1 saturated carbocycles. The number of hydrogen-bond donors (Lipinski definition) is 0. The maximum absolute atomic E-state index is 5.53. The maximum Gasteiger partial charge on any atom is 0.231 e. The summed E-state index contributed by atoms with van der Waals surface area (Å²) >= 11 is 0. The monoisotopic (exact) mass is 297 g/mol. The molecule has 1 aromatic heterocycles. The fraction of sp³-hybridized carbons (Fsp3) is 0.474.